The highest BCUT2D eigenvalue weighted by Crippen LogP contribution is 2.15. The Balaban J connectivity index is 1.63. The predicted molar refractivity (Wildman–Crippen MR) is 94.8 cm³/mol. The maximum absolute atomic E-state index is 13.0. The summed E-state index contributed by atoms with van der Waals surface area (Å²) in [6, 6.07) is 12.4. The van der Waals surface area contributed by atoms with Crippen molar-refractivity contribution in [3.63, 3.8) is 0 Å². The molecular weight excluding hydrogens is 335 g/mol. The summed E-state index contributed by atoms with van der Waals surface area (Å²) < 4.78 is 14.1. The molecule has 6 nitrogen and oxygen atoms in total. The van der Waals surface area contributed by atoms with E-state index in [1.54, 1.807) is 30.6 Å². The monoisotopic (exact) mass is 352 g/mol. The van der Waals surface area contributed by atoms with Crippen LogP contribution in [-0.2, 0) is 17.8 Å². The number of carbonyl (C=O) groups is 1. The van der Waals surface area contributed by atoms with Crippen LogP contribution in [0.25, 0.3) is 11.3 Å². The number of hydrogen-bond donors (Lipinski definition) is 1. The molecule has 1 aromatic carbocycles. The van der Waals surface area contributed by atoms with Gasteiger partial charge in [-0.15, -0.1) is 0 Å². The van der Waals surface area contributed by atoms with Gasteiger partial charge in [-0.25, -0.2) is 9.07 Å². The van der Waals surface area contributed by atoms with Gasteiger partial charge in [-0.2, -0.15) is 5.10 Å². The molecule has 3 aromatic rings. The van der Waals surface area contributed by atoms with Crippen molar-refractivity contribution in [3.05, 3.63) is 82.7 Å². The van der Waals surface area contributed by atoms with Gasteiger partial charge in [-0.3, -0.25) is 14.6 Å². The van der Waals surface area contributed by atoms with Gasteiger partial charge in [0.25, 0.3) is 5.56 Å². The van der Waals surface area contributed by atoms with Crippen molar-refractivity contribution in [1.29, 1.82) is 0 Å². The molecule has 1 N–H and O–H groups in total. The van der Waals surface area contributed by atoms with Crippen LogP contribution in [0.1, 0.15) is 5.56 Å². The lowest BCUT2D eigenvalue weighted by Crippen LogP contribution is -2.34. The third-order valence-corrected chi connectivity index (χ3v) is 3.79. The van der Waals surface area contributed by atoms with Crippen molar-refractivity contribution in [2.24, 2.45) is 0 Å². The number of pyridine rings is 1. The summed E-state index contributed by atoms with van der Waals surface area (Å²) in [4.78, 5) is 28.0. The van der Waals surface area contributed by atoms with Crippen molar-refractivity contribution in [2.75, 3.05) is 6.54 Å². The molecule has 0 unspecified atom stereocenters. The highest BCUT2D eigenvalue weighted by Gasteiger charge is 2.08. The minimum atomic E-state index is -0.375. The zero-order valence-corrected chi connectivity index (χ0v) is 13.9. The van der Waals surface area contributed by atoms with E-state index in [2.05, 4.69) is 15.4 Å². The van der Waals surface area contributed by atoms with Crippen LogP contribution < -0.4 is 10.9 Å². The highest BCUT2D eigenvalue weighted by atomic mass is 19.1. The minimum Gasteiger partial charge on any atom is -0.354 e. The van der Waals surface area contributed by atoms with Gasteiger partial charge in [-0.05, 0) is 54.4 Å². The normalized spacial score (nSPS) is 10.5. The fraction of sp³-hybridized carbons (Fsp3) is 0.158. The van der Waals surface area contributed by atoms with Crippen LogP contribution in [-0.4, -0.2) is 27.2 Å². The van der Waals surface area contributed by atoms with Crippen LogP contribution in [0.3, 0.4) is 0 Å². The second-order valence-corrected chi connectivity index (χ2v) is 5.68. The third-order valence-electron chi connectivity index (χ3n) is 3.79. The van der Waals surface area contributed by atoms with Crippen LogP contribution in [0.15, 0.2) is 65.7 Å². The molecule has 0 saturated heterocycles. The van der Waals surface area contributed by atoms with Crippen LogP contribution in [0, 0.1) is 5.82 Å². The Morgan fingerprint density at radius 3 is 2.50 bits per heavy atom. The first-order chi connectivity index (χ1) is 12.6. The Labute approximate surface area is 149 Å². The molecule has 0 saturated carbocycles. The van der Waals surface area contributed by atoms with Crippen molar-refractivity contribution in [3.8, 4) is 11.3 Å². The van der Waals surface area contributed by atoms with Gasteiger partial charge in [-0.1, -0.05) is 0 Å². The Morgan fingerprint density at radius 2 is 1.77 bits per heavy atom. The zero-order valence-electron chi connectivity index (χ0n) is 13.9. The molecule has 0 spiro atoms. The molecule has 0 fully saturated rings. The smallest absolute Gasteiger partial charge is 0.267 e. The second-order valence-electron chi connectivity index (χ2n) is 5.68. The maximum atomic E-state index is 13.0. The summed E-state index contributed by atoms with van der Waals surface area (Å²) >= 11 is 0. The van der Waals surface area contributed by atoms with Crippen LogP contribution in [0.5, 0.6) is 0 Å². The molecular formula is C19H17FN4O2. The molecule has 1 amide bonds. The van der Waals surface area contributed by atoms with Gasteiger partial charge in [0.05, 0.1) is 5.69 Å². The van der Waals surface area contributed by atoms with Crippen molar-refractivity contribution in [2.45, 2.75) is 13.0 Å². The molecule has 132 valence electrons. The summed E-state index contributed by atoms with van der Waals surface area (Å²) in [7, 11) is 0. The Kier molecular flexibility index (Phi) is 5.48. The zero-order chi connectivity index (χ0) is 18.4. The number of halogens is 1. The van der Waals surface area contributed by atoms with Gasteiger partial charge in [0.2, 0.25) is 5.91 Å². The number of benzene rings is 1. The lowest BCUT2D eigenvalue weighted by molar-refractivity contribution is -0.121. The molecule has 0 aliphatic heterocycles. The van der Waals surface area contributed by atoms with Gasteiger partial charge < -0.3 is 5.32 Å². The number of rotatable bonds is 6. The summed E-state index contributed by atoms with van der Waals surface area (Å²) in [6.45, 7) is 0.277. The molecule has 0 aliphatic carbocycles. The average Bonchev–Trinajstić information content (AvgIpc) is 2.65. The Bertz CT molecular complexity index is 940. The third kappa shape index (κ3) is 4.60. The van der Waals surface area contributed by atoms with Gasteiger partial charge in [0.1, 0.15) is 12.4 Å². The van der Waals surface area contributed by atoms with Crippen molar-refractivity contribution >= 4 is 5.91 Å². The molecule has 0 radical (unpaired) electrons. The standard InChI is InChI=1S/C19H17FN4O2/c20-16-3-1-15(2-4-16)17-5-6-19(26)24(23-17)13-18(25)22-12-9-14-7-10-21-11-8-14/h1-8,10-11H,9,12-13H2,(H,22,25). The Hall–Kier alpha value is -3.35. The summed E-state index contributed by atoms with van der Waals surface area (Å²) in [5.74, 6) is -0.652. The number of carbonyl (C=O) groups excluding carboxylic acids is 1. The molecule has 26 heavy (non-hydrogen) atoms. The molecule has 2 heterocycles. The predicted octanol–water partition coefficient (Wildman–Crippen LogP) is 1.80. The van der Waals surface area contributed by atoms with E-state index in [1.807, 2.05) is 12.1 Å². The van der Waals surface area contributed by atoms with E-state index in [9.17, 15) is 14.0 Å². The van der Waals surface area contributed by atoms with E-state index in [1.165, 1.54) is 18.2 Å². The molecule has 0 aliphatic rings. The van der Waals surface area contributed by atoms with E-state index in [0.717, 1.165) is 10.2 Å². The lowest BCUT2D eigenvalue weighted by Gasteiger charge is -2.08. The Morgan fingerprint density at radius 1 is 1.04 bits per heavy atom. The fourth-order valence-corrected chi connectivity index (χ4v) is 2.42. The lowest BCUT2D eigenvalue weighted by atomic mass is 10.1. The number of aromatic nitrogens is 3. The van der Waals surface area contributed by atoms with Crippen LogP contribution in [0.4, 0.5) is 4.39 Å². The first kappa shape index (κ1) is 17.5. The van der Waals surface area contributed by atoms with Crippen molar-refractivity contribution in [1.82, 2.24) is 20.1 Å². The summed E-state index contributed by atoms with van der Waals surface area (Å²) in [5, 5.41) is 6.96. The first-order valence-electron chi connectivity index (χ1n) is 8.11. The largest absolute Gasteiger partial charge is 0.354 e. The van der Waals surface area contributed by atoms with E-state index >= 15 is 0 Å². The first-order valence-corrected chi connectivity index (χ1v) is 8.11. The topological polar surface area (TPSA) is 76.9 Å². The highest BCUT2D eigenvalue weighted by molar-refractivity contribution is 5.75. The summed E-state index contributed by atoms with van der Waals surface area (Å²) in [5.41, 5.74) is 1.85. The van der Waals surface area contributed by atoms with E-state index in [4.69, 9.17) is 0 Å². The average molecular weight is 352 g/mol. The van der Waals surface area contributed by atoms with Gasteiger partial charge in [0, 0.05) is 30.6 Å². The molecule has 7 heteroatoms. The van der Waals surface area contributed by atoms with Crippen LogP contribution in [0.2, 0.25) is 0 Å². The molecule has 2 aromatic heterocycles. The molecule has 0 bridgehead atoms. The number of hydrogen-bond acceptors (Lipinski definition) is 4. The quantitative estimate of drug-likeness (QED) is 0.734. The molecule has 3 rings (SSSR count). The number of amides is 1. The fourth-order valence-electron chi connectivity index (χ4n) is 2.42. The van der Waals surface area contributed by atoms with E-state index < -0.39 is 0 Å². The number of nitrogens with one attached hydrogen (secondary N) is 1. The minimum absolute atomic E-state index is 0.176. The van der Waals surface area contributed by atoms with E-state index in [-0.39, 0.29) is 23.8 Å². The van der Waals surface area contributed by atoms with Gasteiger partial charge in [0.15, 0.2) is 0 Å². The molecule has 0 atom stereocenters. The SMILES string of the molecule is O=C(Cn1nc(-c2ccc(F)cc2)ccc1=O)NCCc1ccncc1. The number of nitrogens with zero attached hydrogens (tertiary/aromatic N) is 3. The van der Waals surface area contributed by atoms with E-state index in [0.29, 0.717) is 24.2 Å². The van der Waals surface area contributed by atoms with Crippen LogP contribution >= 0.6 is 0 Å². The summed E-state index contributed by atoms with van der Waals surface area (Å²) in [6.07, 6.45) is 4.06. The maximum Gasteiger partial charge on any atom is 0.267 e. The van der Waals surface area contributed by atoms with Gasteiger partial charge >= 0.3 is 0 Å². The van der Waals surface area contributed by atoms with Crippen molar-refractivity contribution < 1.29 is 9.18 Å². The second kappa shape index (κ2) is 8.15.